The van der Waals surface area contributed by atoms with Crippen molar-refractivity contribution in [1.82, 2.24) is 0 Å². The van der Waals surface area contributed by atoms with Gasteiger partial charge in [-0.1, -0.05) is 38.5 Å². The molecule has 2 aliphatic carbocycles. The maximum atomic E-state index is 1.65. The summed E-state index contributed by atoms with van der Waals surface area (Å²) in [5, 5.41) is 0. The van der Waals surface area contributed by atoms with Crippen LogP contribution in [0.5, 0.6) is 0 Å². The molecule has 0 aromatic rings. The van der Waals surface area contributed by atoms with Gasteiger partial charge in [0.15, 0.2) is 0 Å². The summed E-state index contributed by atoms with van der Waals surface area (Å²) in [6.45, 7) is 0. The van der Waals surface area contributed by atoms with Gasteiger partial charge in [-0.2, -0.15) is 0 Å². The molecule has 1 heterocycles. The van der Waals surface area contributed by atoms with E-state index in [1.165, 1.54) is 30.1 Å². The molecule has 0 aromatic carbocycles. The lowest BCUT2D eigenvalue weighted by Gasteiger charge is -2.37. The van der Waals surface area contributed by atoms with Crippen molar-refractivity contribution in [2.45, 2.75) is 88.4 Å². The molecule has 0 N–H and O–H groups in total. The van der Waals surface area contributed by atoms with Gasteiger partial charge in [0.25, 0.3) is 0 Å². The van der Waals surface area contributed by atoms with Crippen LogP contribution in [0, 0.1) is 5.92 Å². The minimum Gasteiger partial charge on any atom is -0.100 e. The first-order valence-electron chi connectivity index (χ1n) is 8.21. The lowest BCUT2D eigenvalue weighted by Crippen LogP contribution is -2.24. The molecule has 3 aliphatic rings. The minimum atomic E-state index is 0.450. The molecule has 1 aliphatic heterocycles. The molecule has 3 fully saturated rings. The molecule has 17 heavy (non-hydrogen) atoms. The Labute approximate surface area is 109 Å². The summed E-state index contributed by atoms with van der Waals surface area (Å²) in [6.07, 6.45) is 20.5. The number of hydrogen-bond acceptors (Lipinski definition) is 0. The van der Waals surface area contributed by atoms with Crippen molar-refractivity contribution in [3.8, 4) is 0 Å². The van der Waals surface area contributed by atoms with E-state index in [1.807, 2.05) is 0 Å². The van der Waals surface area contributed by atoms with Crippen LogP contribution < -0.4 is 0 Å². The van der Waals surface area contributed by atoms with E-state index in [-0.39, 0.29) is 0 Å². The molecular weight excluding hydrogens is 223 g/mol. The van der Waals surface area contributed by atoms with Crippen LogP contribution >= 0.6 is 7.92 Å². The average molecular weight is 252 g/mol. The van der Waals surface area contributed by atoms with E-state index in [9.17, 15) is 0 Å². The highest BCUT2D eigenvalue weighted by Crippen LogP contribution is 2.61. The Kier molecular flexibility index (Phi) is 4.43. The molecule has 98 valence electrons. The highest BCUT2D eigenvalue weighted by molar-refractivity contribution is 7.59. The number of rotatable bonds is 2. The van der Waals surface area contributed by atoms with Crippen LogP contribution in [0.3, 0.4) is 0 Å². The van der Waals surface area contributed by atoms with Gasteiger partial charge >= 0.3 is 0 Å². The maximum absolute atomic E-state index is 1.65. The highest BCUT2D eigenvalue weighted by atomic mass is 31.1. The van der Waals surface area contributed by atoms with Crippen LogP contribution in [0.25, 0.3) is 0 Å². The topological polar surface area (TPSA) is 0 Å². The summed E-state index contributed by atoms with van der Waals surface area (Å²) in [7, 11) is 0.450. The van der Waals surface area contributed by atoms with Crippen molar-refractivity contribution in [3.05, 3.63) is 0 Å². The maximum Gasteiger partial charge on any atom is -0.0178 e. The predicted molar refractivity (Wildman–Crippen MR) is 78.3 cm³/mol. The first kappa shape index (κ1) is 12.5. The second-order valence-corrected chi connectivity index (χ2v) is 9.51. The SMILES string of the molecule is C1CCC(C2CCCP2C2CCCCC2)CC1. The molecule has 0 radical (unpaired) electrons. The zero-order valence-corrected chi connectivity index (χ0v) is 12.3. The summed E-state index contributed by atoms with van der Waals surface area (Å²) >= 11 is 0. The van der Waals surface area contributed by atoms with Gasteiger partial charge in [0, 0.05) is 0 Å². The van der Waals surface area contributed by atoms with E-state index in [0.717, 1.165) is 0 Å². The van der Waals surface area contributed by atoms with E-state index < -0.39 is 0 Å². The van der Waals surface area contributed by atoms with E-state index in [4.69, 9.17) is 0 Å². The van der Waals surface area contributed by atoms with Crippen molar-refractivity contribution in [2.24, 2.45) is 5.92 Å². The average Bonchev–Trinajstić information content (AvgIpc) is 2.90. The van der Waals surface area contributed by atoms with Crippen LogP contribution in [-0.2, 0) is 0 Å². The van der Waals surface area contributed by atoms with Crippen molar-refractivity contribution in [3.63, 3.8) is 0 Å². The van der Waals surface area contributed by atoms with E-state index >= 15 is 0 Å². The number of hydrogen-bond donors (Lipinski definition) is 0. The first-order valence-corrected chi connectivity index (χ1v) is 9.87. The molecule has 3 rings (SSSR count). The molecule has 1 saturated heterocycles. The Balaban J connectivity index is 1.61. The van der Waals surface area contributed by atoms with Gasteiger partial charge < -0.3 is 0 Å². The van der Waals surface area contributed by atoms with Gasteiger partial charge in [-0.15, -0.1) is 7.92 Å². The molecule has 0 spiro atoms. The standard InChI is InChI=1S/C16H29P/c1-3-8-14(9-4-1)16-12-7-13-17(16)15-10-5-2-6-11-15/h14-16H,1-13H2. The molecule has 2 saturated carbocycles. The largest absolute Gasteiger partial charge is 0.100 e. The molecule has 2 unspecified atom stereocenters. The predicted octanol–water partition coefficient (Wildman–Crippen LogP) is 5.54. The zero-order valence-electron chi connectivity index (χ0n) is 11.4. The van der Waals surface area contributed by atoms with E-state index in [1.54, 1.807) is 70.4 Å². The molecule has 2 atom stereocenters. The van der Waals surface area contributed by atoms with Gasteiger partial charge in [-0.3, -0.25) is 0 Å². The minimum absolute atomic E-state index is 0.450. The van der Waals surface area contributed by atoms with Crippen LogP contribution in [0.4, 0.5) is 0 Å². The quantitative estimate of drug-likeness (QED) is 0.566. The van der Waals surface area contributed by atoms with Crippen LogP contribution in [-0.4, -0.2) is 17.5 Å². The molecule has 1 heteroatoms. The second kappa shape index (κ2) is 6.05. The fraction of sp³-hybridized carbons (Fsp3) is 1.00. The fourth-order valence-electron chi connectivity index (χ4n) is 4.71. The monoisotopic (exact) mass is 252 g/mol. The smallest absolute Gasteiger partial charge is 0.0178 e. The molecule has 0 nitrogen and oxygen atoms in total. The van der Waals surface area contributed by atoms with Gasteiger partial charge in [0.1, 0.15) is 0 Å². The third-order valence-corrected chi connectivity index (χ3v) is 9.40. The van der Waals surface area contributed by atoms with Gasteiger partial charge in [-0.25, -0.2) is 0 Å². The van der Waals surface area contributed by atoms with Crippen molar-refractivity contribution >= 4 is 7.92 Å². The lowest BCUT2D eigenvalue weighted by molar-refractivity contribution is 0.341. The van der Waals surface area contributed by atoms with Gasteiger partial charge in [0.05, 0.1) is 0 Å². The highest BCUT2D eigenvalue weighted by Gasteiger charge is 2.37. The van der Waals surface area contributed by atoms with Crippen molar-refractivity contribution in [1.29, 1.82) is 0 Å². The Morgan fingerprint density at radius 3 is 1.94 bits per heavy atom. The van der Waals surface area contributed by atoms with Crippen LogP contribution in [0.2, 0.25) is 0 Å². The summed E-state index contributed by atoms with van der Waals surface area (Å²) in [4.78, 5) is 0. The fourth-order valence-corrected chi connectivity index (χ4v) is 8.87. The summed E-state index contributed by atoms with van der Waals surface area (Å²) < 4.78 is 0. The molecular formula is C16H29P. The second-order valence-electron chi connectivity index (χ2n) is 6.64. The van der Waals surface area contributed by atoms with Crippen LogP contribution in [0.15, 0.2) is 0 Å². The van der Waals surface area contributed by atoms with E-state index in [0.29, 0.717) is 7.92 Å². The van der Waals surface area contributed by atoms with Gasteiger partial charge in [-0.05, 0) is 61.9 Å². The lowest BCUT2D eigenvalue weighted by atomic mass is 9.85. The Bertz CT molecular complexity index is 202. The normalized spacial score (nSPS) is 37.4. The molecule has 0 bridgehead atoms. The zero-order chi connectivity index (χ0) is 11.5. The molecule has 0 aromatic heterocycles. The van der Waals surface area contributed by atoms with Crippen LogP contribution in [0.1, 0.15) is 77.0 Å². The summed E-state index contributed by atoms with van der Waals surface area (Å²) in [5.41, 5.74) is 2.42. The van der Waals surface area contributed by atoms with Crippen molar-refractivity contribution in [2.75, 3.05) is 6.16 Å². The first-order chi connectivity index (χ1) is 8.45. The summed E-state index contributed by atoms with van der Waals surface area (Å²) in [5.74, 6) is 1.17. The Hall–Kier alpha value is 0.430. The Morgan fingerprint density at radius 1 is 0.588 bits per heavy atom. The Morgan fingerprint density at radius 2 is 1.24 bits per heavy atom. The van der Waals surface area contributed by atoms with E-state index in [2.05, 4.69) is 0 Å². The third-order valence-electron chi connectivity index (χ3n) is 5.58. The third kappa shape index (κ3) is 2.89. The van der Waals surface area contributed by atoms with Crippen molar-refractivity contribution < 1.29 is 0 Å². The summed E-state index contributed by atoms with van der Waals surface area (Å²) in [6, 6.07) is 0. The van der Waals surface area contributed by atoms with Gasteiger partial charge in [0.2, 0.25) is 0 Å². The molecule has 0 amide bonds.